The summed E-state index contributed by atoms with van der Waals surface area (Å²) in [5.41, 5.74) is 0.260. The highest BCUT2D eigenvalue weighted by molar-refractivity contribution is 9.10. The van der Waals surface area contributed by atoms with Crippen LogP contribution in [0, 0.1) is 0 Å². The summed E-state index contributed by atoms with van der Waals surface area (Å²) >= 11 is 3.41. The Hall–Kier alpha value is -1.56. The topological polar surface area (TPSA) is 55.8 Å². The maximum atomic E-state index is 12.5. The van der Waals surface area contributed by atoms with Gasteiger partial charge >= 0.3 is 12.1 Å². The molecule has 0 saturated heterocycles. The van der Waals surface area contributed by atoms with E-state index in [1.807, 2.05) is 31.2 Å². The van der Waals surface area contributed by atoms with Gasteiger partial charge in [0.05, 0.1) is 12.6 Å². The van der Waals surface area contributed by atoms with Crippen LogP contribution >= 0.6 is 15.9 Å². The fourth-order valence-electron chi connectivity index (χ4n) is 1.97. The van der Waals surface area contributed by atoms with Crippen LogP contribution < -0.4 is 0 Å². The SMILES string of the molecule is CCOC(=O)CN(C(=O)OC(C)(C)C)C(C)c1cccc(Br)c1. The molecule has 1 aromatic carbocycles. The number of halogens is 1. The van der Waals surface area contributed by atoms with E-state index in [-0.39, 0.29) is 19.2 Å². The summed E-state index contributed by atoms with van der Waals surface area (Å²) in [5.74, 6) is -0.458. The van der Waals surface area contributed by atoms with Gasteiger partial charge in [0.15, 0.2) is 0 Å². The molecule has 0 fully saturated rings. The molecule has 0 aliphatic heterocycles. The van der Waals surface area contributed by atoms with E-state index >= 15 is 0 Å². The fraction of sp³-hybridized carbons (Fsp3) is 0.529. The van der Waals surface area contributed by atoms with E-state index in [9.17, 15) is 9.59 Å². The van der Waals surface area contributed by atoms with Gasteiger partial charge in [-0.05, 0) is 52.3 Å². The molecule has 128 valence electrons. The van der Waals surface area contributed by atoms with E-state index in [2.05, 4.69) is 15.9 Å². The van der Waals surface area contributed by atoms with Gasteiger partial charge in [-0.15, -0.1) is 0 Å². The average molecular weight is 386 g/mol. The molecule has 0 N–H and O–H groups in total. The second kappa shape index (κ2) is 8.34. The van der Waals surface area contributed by atoms with Gasteiger partial charge in [-0.1, -0.05) is 28.1 Å². The first kappa shape index (κ1) is 19.5. The third kappa shape index (κ3) is 6.60. The van der Waals surface area contributed by atoms with E-state index in [0.717, 1.165) is 10.0 Å². The van der Waals surface area contributed by atoms with Gasteiger partial charge in [0.25, 0.3) is 0 Å². The van der Waals surface area contributed by atoms with E-state index in [4.69, 9.17) is 9.47 Å². The van der Waals surface area contributed by atoms with Gasteiger partial charge < -0.3 is 9.47 Å². The molecule has 0 aliphatic rings. The van der Waals surface area contributed by atoms with E-state index in [1.54, 1.807) is 27.7 Å². The smallest absolute Gasteiger partial charge is 0.411 e. The van der Waals surface area contributed by atoms with Crippen molar-refractivity contribution in [2.24, 2.45) is 0 Å². The molecule has 1 amide bonds. The van der Waals surface area contributed by atoms with E-state index in [0.29, 0.717) is 0 Å². The lowest BCUT2D eigenvalue weighted by molar-refractivity contribution is -0.144. The minimum atomic E-state index is -0.638. The highest BCUT2D eigenvalue weighted by Crippen LogP contribution is 2.25. The highest BCUT2D eigenvalue weighted by Gasteiger charge is 2.29. The molecule has 1 aromatic rings. The lowest BCUT2D eigenvalue weighted by atomic mass is 10.1. The first-order valence-corrected chi connectivity index (χ1v) is 8.34. The number of carbonyl (C=O) groups is 2. The Labute approximate surface area is 146 Å². The number of nitrogens with zero attached hydrogens (tertiary/aromatic N) is 1. The minimum Gasteiger partial charge on any atom is -0.465 e. The number of ether oxygens (including phenoxy) is 2. The number of hydrogen-bond donors (Lipinski definition) is 0. The average Bonchev–Trinajstić information content (AvgIpc) is 2.42. The van der Waals surface area contributed by atoms with Gasteiger partial charge in [0.2, 0.25) is 0 Å². The first-order valence-electron chi connectivity index (χ1n) is 7.54. The lowest BCUT2D eigenvalue weighted by Crippen LogP contribution is -2.41. The summed E-state index contributed by atoms with van der Waals surface area (Å²) in [6.45, 7) is 9.06. The predicted molar refractivity (Wildman–Crippen MR) is 92.1 cm³/mol. The van der Waals surface area contributed by atoms with Crippen molar-refractivity contribution in [3.63, 3.8) is 0 Å². The number of benzene rings is 1. The summed E-state index contributed by atoms with van der Waals surface area (Å²) < 4.78 is 11.3. The van der Waals surface area contributed by atoms with Gasteiger partial charge in [-0.25, -0.2) is 4.79 Å². The van der Waals surface area contributed by atoms with Crippen LogP contribution in [0.1, 0.15) is 46.2 Å². The van der Waals surface area contributed by atoms with Crippen LogP contribution in [0.3, 0.4) is 0 Å². The molecule has 0 aliphatic carbocycles. The molecule has 5 nitrogen and oxygen atoms in total. The summed E-state index contributed by atoms with van der Waals surface area (Å²) in [4.78, 5) is 25.7. The van der Waals surface area contributed by atoms with Crippen molar-refractivity contribution in [3.8, 4) is 0 Å². The van der Waals surface area contributed by atoms with Crippen LogP contribution in [0.4, 0.5) is 4.79 Å². The molecular weight excluding hydrogens is 362 g/mol. The molecular formula is C17H24BrNO4. The minimum absolute atomic E-state index is 0.156. The standard InChI is InChI=1S/C17H24BrNO4/c1-6-22-15(20)11-19(16(21)23-17(3,4)5)12(2)13-8-7-9-14(18)10-13/h7-10,12H,6,11H2,1-5H3. The van der Waals surface area contributed by atoms with Crippen LogP contribution in [0.2, 0.25) is 0 Å². The Balaban J connectivity index is 3.02. The molecule has 1 rings (SSSR count). The molecule has 1 atom stereocenters. The molecule has 0 bridgehead atoms. The Kier molecular flexibility index (Phi) is 7.06. The number of hydrogen-bond acceptors (Lipinski definition) is 4. The van der Waals surface area contributed by atoms with Crippen LogP contribution in [0.5, 0.6) is 0 Å². The molecule has 23 heavy (non-hydrogen) atoms. The third-order valence-electron chi connectivity index (χ3n) is 3.03. The Morgan fingerprint density at radius 2 is 1.96 bits per heavy atom. The second-order valence-corrected chi connectivity index (χ2v) is 7.06. The van der Waals surface area contributed by atoms with Gasteiger partial charge in [0.1, 0.15) is 12.1 Å². The monoisotopic (exact) mass is 385 g/mol. The fourth-order valence-corrected chi connectivity index (χ4v) is 2.39. The molecule has 1 unspecified atom stereocenters. The number of rotatable bonds is 5. The summed E-state index contributed by atoms with van der Waals surface area (Å²) in [5, 5.41) is 0. The first-order chi connectivity index (χ1) is 10.6. The van der Waals surface area contributed by atoms with Crippen LogP contribution in [-0.4, -0.2) is 35.7 Å². The van der Waals surface area contributed by atoms with E-state index < -0.39 is 17.7 Å². The molecule has 0 heterocycles. The molecule has 6 heteroatoms. The normalized spacial score (nSPS) is 12.4. The lowest BCUT2D eigenvalue weighted by Gasteiger charge is -2.31. The molecule has 0 spiro atoms. The summed E-state index contributed by atoms with van der Waals surface area (Å²) in [6.07, 6.45) is -0.543. The summed E-state index contributed by atoms with van der Waals surface area (Å²) in [7, 11) is 0. The van der Waals surface area contributed by atoms with E-state index in [1.165, 1.54) is 4.90 Å². The van der Waals surface area contributed by atoms with Crippen LogP contribution in [0.15, 0.2) is 28.7 Å². The Bertz CT molecular complexity index is 554. The van der Waals surface area contributed by atoms with Crippen molar-refractivity contribution < 1.29 is 19.1 Å². The Morgan fingerprint density at radius 1 is 1.30 bits per heavy atom. The van der Waals surface area contributed by atoms with Crippen molar-refractivity contribution in [2.45, 2.75) is 46.3 Å². The highest BCUT2D eigenvalue weighted by atomic mass is 79.9. The second-order valence-electron chi connectivity index (χ2n) is 6.14. The van der Waals surface area contributed by atoms with Crippen molar-refractivity contribution in [1.82, 2.24) is 4.90 Å². The van der Waals surface area contributed by atoms with Crippen molar-refractivity contribution in [1.29, 1.82) is 0 Å². The maximum absolute atomic E-state index is 12.5. The quantitative estimate of drug-likeness (QED) is 0.708. The van der Waals surface area contributed by atoms with Crippen molar-refractivity contribution in [3.05, 3.63) is 34.3 Å². The van der Waals surface area contributed by atoms with Crippen LogP contribution in [-0.2, 0) is 14.3 Å². The number of esters is 1. The summed E-state index contributed by atoms with van der Waals surface area (Å²) in [6, 6.07) is 7.27. The zero-order chi connectivity index (χ0) is 17.6. The van der Waals surface area contributed by atoms with Crippen molar-refractivity contribution in [2.75, 3.05) is 13.2 Å². The maximum Gasteiger partial charge on any atom is 0.411 e. The predicted octanol–water partition coefficient (Wildman–Crippen LogP) is 4.31. The molecule has 0 radical (unpaired) electrons. The molecule has 0 saturated carbocycles. The van der Waals surface area contributed by atoms with Gasteiger partial charge in [-0.2, -0.15) is 0 Å². The Morgan fingerprint density at radius 3 is 2.48 bits per heavy atom. The number of carbonyl (C=O) groups excluding carboxylic acids is 2. The number of amides is 1. The van der Waals surface area contributed by atoms with Crippen molar-refractivity contribution >= 4 is 28.0 Å². The largest absolute Gasteiger partial charge is 0.465 e. The zero-order valence-corrected chi connectivity index (χ0v) is 15.8. The van der Waals surface area contributed by atoms with Crippen LogP contribution in [0.25, 0.3) is 0 Å². The van der Waals surface area contributed by atoms with Gasteiger partial charge in [0, 0.05) is 4.47 Å². The molecule has 0 aromatic heterocycles. The third-order valence-corrected chi connectivity index (χ3v) is 3.52. The zero-order valence-electron chi connectivity index (χ0n) is 14.3. The van der Waals surface area contributed by atoms with Gasteiger partial charge in [-0.3, -0.25) is 9.69 Å².